The zero-order chi connectivity index (χ0) is 10.8. The molecule has 2 saturated carbocycles. The van der Waals surface area contributed by atoms with Crippen LogP contribution in [-0.2, 0) is 0 Å². The van der Waals surface area contributed by atoms with Crippen LogP contribution in [0.2, 0.25) is 0 Å². The maximum Gasteiger partial charge on any atom is -0.00208 e. The topological polar surface area (TPSA) is 12.0 Å². The number of nitrogens with one attached hydrogen (secondary N) is 1. The average Bonchev–Trinajstić information content (AvgIpc) is 3.02. The minimum absolute atomic E-state index is 0.904. The number of rotatable bonds is 4. The van der Waals surface area contributed by atoms with Gasteiger partial charge in [-0.15, -0.1) is 0 Å². The Morgan fingerprint density at radius 1 is 1.13 bits per heavy atom. The van der Waals surface area contributed by atoms with Gasteiger partial charge in [-0.1, -0.05) is 13.8 Å². The molecule has 2 fully saturated rings. The third kappa shape index (κ3) is 2.75. The van der Waals surface area contributed by atoms with Crippen molar-refractivity contribution in [3.05, 3.63) is 0 Å². The molecule has 88 valence electrons. The molecular weight excluding hydrogens is 182 g/mol. The Kier molecular flexibility index (Phi) is 3.71. The first-order valence-electron chi connectivity index (χ1n) is 6.87. The Hall–Kier alpha value is -0.0400. The third-order valence-corrected chi connectivity index (χ3v) is 4.73. The van der Waals surface area contributed by atoms with Gasteiger partial charge in [0.25, 0.3) is 0 Å². The van der Waals surface area contributed by atoms with E-state index in [0.717, 1.165) is 29.6 Å². The maximum atomic E-state index is 3.39. The van der Waals surface area contributed by atoms with Crippen LogP contribution in [-0.4, -0.2) is 13.6 Å². The first-order chi connectivity index (χ1) is 7.22. The molecule has 0 aromatic carbocycles. The lowest BCUT2D eigenvalue weighted by molar-refractivity contribution is 0.130. The van der Waals surface area contributed by atoms with E-state index in [1.165, 1.54) is 38.6 Å². The molecule has 0 aromatic heterocycles. The molecule has 15 heavy (non-hydrogen) atoms. The van der Waals surface area contributed by atoms with Crippen molar-refractivity contribution in [3.8, 4) is 0 Å². The molecule has 2 aliphatic carbocycles. The van der Waals surface area contributed by atoms with E-state index in [0.29, 0.717) is 0 Å². The smallest absolute Gasteiger partial charge is 0.00208 e. The van der Waals surface area contributed by atoms with Gasteiger partial charge in [0, 0.05) is 0 Å². The van der Waals surface area contributed by atoms with Gasteiger partial charge in [-0.2, -0.15) is 0 Å². The molecule has 0 aliphatic heterocycles. The van der Waals surface area contributed by atoms with Crippen molar-refractivity contribution in [2.75, 3.05) is 13.6 Å². The van der Waals surface area contributed by atoms with E-state index in [2.05, 4.69) is 26.2 Å². The summed E-state index contributed by atoms with van der Waals surface area (Å²) in [7, 11) is 2.11. The van der Waals surface area contributed by atoms with Crippen molar-refractivity contribution in [1.29, 1.82) is 0 Å². The van der Waals surface area contributed by atoms with Crippen molar-refractivity contribution >= 4 is 0 Å². The van der Waals surface area contributed by atoms with Crippen LogP contribution >= 0.6 is 0 Å². The highest BCUT2D eigenvalue weighted by Crippen LogP contribution is 2.49. The molecule has 3 unspecified atom stereocenters. The Morgan fingerprint density at radius 2 is 1.87 bits per heavy atom. The van der Waals surface area contributed by atoms with Crippen LogP contribution in [0.5, 0.6) is 0 Å². The third-order valence-electron chi connectivity index (χ3n) is 4.73. The summed E-state index contributed by atoms with van der Waals surface area (Å²) in [5.74, 6) is 5.06. The second kappa shape index (κ2) is 4.86. The van der Waals surface area contributed by atoms with E-state index in [4.69, 9.17) is 0 Å². The lowest BCUT2D eigenvalue weighted by Crippen LogP contribution is -2.34. The van der Waals surface area contributed by atoms with E-state index >= 15 is 0 Å². The summed E-state index contributed by atoms with van der Waals surface area (Å²) >= 11 is 0. The van der Waals surface area contributed by atoms with Gasteiger partial charge in [0.2, 0.25) is 0 Å². The van der Waals surface area contributed by atoms with Crippen LogP contribution in [0.3, 0.4) is 0 Å². The van der Waals surface area contributed by atoms with E-state index < -0.39 is 0 Å². The molecule has 1 nitrogen and oxygen atoms in total. The van der Waals surface area contributed by atoms with E-state index in [9.17, 15) is 0 Å². The summed E-state index contributed by atoms with van der Waals surface area (Å²) in [6.07, 6.45) is 7.53. The second-order valence-corrected chi connectivity index (χ2v) is 6.14. The van der Waals surface area contributed by atoms with Gasteiger partial charge in [-0.25, -0.2) is 0 Å². The highest BCUT2D eigenvalue weighted by Gasteiger charge is 2.40. The molecule has 0 spiro atoms. The highest BCUT2D eigenvalue weighted by atomic mass is 14.8. The molecule has 0 saturated heterocycles. The van der Waals surface area contributed by atoms with Crippen molar-refractivity contribution < 1.29 is 0 Å². The first kappa shape index (κ1) is 11.4. The van der Waals surface area contributed by atoms with Crippen LogP contribution in [0, 0.1) is 29.6 Å². The first-order valence-corrected chi connectivity index (χ1v) is 6.87. The standard InChI is InChI=1S/C14H27N/c1-10(2)12-6-7-13(9-15-3)14(8-12)11-4-5-11/h10-15H,4-9H2,1-3H3. The Morgan fingerprint density at radius 3 is 2.40 bits per heavy atom. The van der Waals surface area contributed by atoms with Crippen molar-refractivity contribution in [2.45, 2.75) is 46.0 Å². The van der Waals surface area contributed by atoms with Gasteiger partial charge in [0.15, 0.2) is 0 Å². The monoisotopic (exact) mass is 209 g/mol. The van der Waals surface area contributed by atoms with Gasteiger partial charge in [-0.05, 0) is 75.3 Å². The van der Waals surface area contributed by atoms with Gasteiger partial charge >= 0.3 is 0 Å². The molecule has 2 aliphatic rings. The molecule has 3 atom stereocenters. The minimum Gasteiger partial charge on any atom is -0.319 e. The zero-order valence-corrected chi connectivity index (χ0v) is 10.6. The van der Waals surface area contributed by atoms with Crippen molar-refractivity contribution in [1.82, 2.24) is 5.32 Å². The molecular formula is C14H27N. The Balaban J connectivity index is 1.92. The summed E-state index contributed by atoms with van der Waals surface area (Å²) in [5, 5.41) is 3.39. The number of hydrogen-bond donors (Lipinski definition) is 1. The summed E-state index contributed by atoms with van der Waals surface area (Å²) in [6, 6.07) is 0. The van der Waals surface area contributed by atoms with Crippen LogP contribution < -0.4 is 5.32 Å². The summed E-state index contributed by atoms with van der Waals surface area (Å²) in [4.78, 5) is 0. The molecule has 0 amide bonds. The molecule has 0 heterocycles. The van der Waals surface area contributed by atoms with Crippen molar-refractivity contribution in [2.24, 2.45) is 29.6 Å². The SMILES string of the molecule is CNCC1CCC(C(C)C)CC1C1CC1. The van der Waals surface area contributed by atoms with Crippen LogP contribution in [0.25, 0.3) is 0 Å². The van der Waals surface area contributed by atoms with Crippen LogP contribution in [0.1, 0.15) is 46.0 Å². The summed E-state index contributed by atoms with van der Waals surface area (Å²) < 4.78 is 0. The lowest BCUT2D eigenvalue weighted by atomic mass is 9.69. The maximum absolute atomic E-state index is 3.39. The number of hydrogen-bond acceptors (Lipinski definition) is 1. The normalized spacial score (nSPS) is 37.2. The molecule has 0 radical (unpaired) electrons. The fraction of sp³-hybridized carbons (Fsp3) is 1.00. The largest absolute Gasteiger partial charge is 0.319 e. The second-order valence-electron chi connectivity index (χ2n) is 6.14. The Labute approximate surface area is 95.0 Å². The van der Waals surface area contributed by atoms with Gasteiger partial charge < -0.3 is 5.32 Å². The van der Waals surface area contributed by atoms with Gasteiger partial charge in [-0.3, -0.25) is 0 Å². The predicted molar refractivity (Wildman–Crippen MR) is 65.8 cm³/mol. The molecule has 2 rings (SSSR count). The van der Waals surface area contributed by atoms with Crippen LogP contribution in [0.4, 0.5) is 0 Å². The quantitative estimate of drug-likeness (QED) is 0.749. The average molecular weight is 209 g/mol. The van der Waals surface area contributed by atoms with Gasteiger partial charge in [0.1, 0.15) is 0 Å². The predicted octanol–water partition coefficient (Wildman–Crippen LogP) is 3.30. The fourth-order valence-corrected chi connectivity index (χ4v) is 3.52. The van der Waals surface area contributed by atoms with E-state index in [1.807, 2.05) is 0 Å². The lowest BCUT2D eigenvalue weighted by Gasteiger charge is -2.38. The summed E-state index contributed by atoms with van der Waals surface area (Å²) in [6.45, 7) is 6.08. The molecule has 0 bridgehead atoms. The Bertz CT molecular complexity index is 196. The molecule has 0 aromatic rings. The summed E-state index contributed by atoms with van der Waals surface area (Å²) in [5.41, 5.74) is 0. The minimum atomic E-state index is 0.904. The van der Waals surface area contributed by atoms with Crippen molar-refractivity contribution in [3.63, 3.8) is 0 Å². The fourth-order valence-electron chi connectivity index (χ4n) is 3.52. The highest BCUT2D eigenvalue weighted by molar-refractivity contribution is 4.91. The van der Waals surface area contributed by atoms with Gasteiger partial charge in [0.05, 0.1) is 0 Å². The van der Waals surface area contributed by atoms with E-state index in [-0.39, 0.29) is 0 Å². The van der Waals surface area contributed by atoms with E-state index in [1.54, 1.807) is 0 Å². The van der Waals surface area contributed by atoms with Crippen LogP contribution in [0.15, 0.2) is 0 Å². The molecule has 1 N–H and O–H groups in total. The zero-order valence-electron chi connectivity index (χ0n) is 10.6. The molecule has 1 heteroatoms.